The van der Waals surface area contributed by atoms with Crippen molar-refractivity contribution < 1.29 is 24.5 Å². The van der Waals surface area contributed by atoms with Gasteiger partial charge in [-0.2, -0.15) is 5.10 Å². The number of ether oxygens (including phenoxy) is 1. The van der Waals surface area contributed by atoms with Crippen LogP contribution in [0.3, 0.4) is 0 Å². The number of hydrogen-bond acceptors (Lipinski definition) is 6. The van der Waals surface area contributed by atoms with E-state index in [0.717, 1.165) is 40.3 Å². The minimum absolute atomic E-state index is 0.450. The minimum atomic E-state index is -1.26. The zero-order chi connectivity index (χ0) is 26.8. The first kappa shape index (κ1) is 27.1. The first-order valence-electron chi connectivity index (χ1n) is 11.7. The molecule has 1 atom stereocenters. The van der Waals surface area contributed by atoms with E-state index in [-0.39, 0.29) is 0 Å². The highest BCUT2D eigenvalue weighted by Gasteiger charge is 2.15. The van der Waals surface area contributed by atoms with E-state index in [0.29, 0.717) is 24.7 Å². The lowest BCUT2D eigenvalue weighted by Crippen LogP contribution is -2.24. The summed E-state index contributed by atoms with van der Waals surface area (Å²) in [6.07, 6.45) is 2.92. The molecule has 0 saturated carbocycles. The first-order chi connectivity index (χ1) is 17.7. The summed E-state index contributed by atoms with van der Waals surface area (Å²) in [4.78, 5) is 25.9. The van der Waals surface area contributed by atoms with Crippen molar-refractivity contribution in [3.8, 4) is 22.7 Å². The quantitative estimate of drug-likeness (QED) is 0.324. The third kappa shape index (κ3) is 8.01. The standard InChI is InChI=1S/C24H26N4O.C4H4O4/c1-18(16-27(2)3)17-29-21-12-7-11-20(15-21)28-24-22(13-8-14-25-24)23(26-28)19-9-5-4-6-10-19;5-3(6)1-2-4(7)8/h4-15,18H,16-17H2,1-3H3;1-2H,(H,5,6)(H,7,8). The zero-order valence-corrected chi connectivity index (χ0v) is 21.0. The van der Waals surface area contributed by atoms with Crippen LogP contribution in [0.1, 0.15) is 6.92 Å². The molecule has 2 aromatic carbocycles. The molecular weight excluding hydrogens is 472 g/mol. The lowest BCUT2D eigenvalue weighted by molar-refractivity contribution is -0.134. The van der Waals surface area contributed by atoms with Gasteiger partial charge in [0.05, 0.1) is 12.3 Å². The maximum Gasteiger partial charge on any atom is 0.328 e. The number of aliphatic carboxylic acids is 2. The van der Waals surface area contributed by atoms with Gasteiger partial charge in [-0.15, -0.1) is 0 Å². The van der Waals surface area contributed by atoms with E-state index in [1.54, 1.807) is 6.20 Å². The normalized spacial score (nSPS) is 11.8. The maximum atomic E-state index is 9.55. The van der Waals surface area contributed by atoms with Crippen LogP contribution < -0.4 is 4.74 Å². The summed E-state index contributed by atoms with van der Waals surface area (Å²) >= 11 is 0. The fourth-order valence-electron chi connectivity index (χ4n) is 3.70. The average Bonchev–Trinajstić information content (AvgIpc) is 3.27. The summed E-state index contributed by atoms with van der Waals surface area (Å²) in [5, 5.41) is 21.6. The number of carboxylic acids is 2. The van der Waals surface area contributed by atoms with Crippen LogP contribution in [0.25, 0.3) is 28.0 Å². The Kier molecular flexibility index (Phi) is 9.51. The molecule has 37 heavy (non-hydrogen) atoms. The van der Waals surface area contributed by atoms with E-state index in [2.05, 4.69) is 49.1 Å². The lowest BCUT2D eigenvalue weighted by atomic mass is 10.1. The number of fused-ring (bicyclic) bond motifs is 1. The zero-order valence-electron chi connectivity index (χ0n) is 21.0. The fourth-order valence-corrected chi connectivity index (χ4v) is 3.70. The summed E-state index contributed by atoms with van der Waals surface area (Å²) in [5.41, 5.74) is 3.78. The number of aromatic nitrogens is 3. The molecule has 0 radical (unpaired) electrons. The van der Waals surface area contributed by atoms with Gasteiger partial charge in [0.1, 0.15) is 11.4 Å². The van der Waals surface area contributed by atoms with Crippen molar-refractivity contribution >= 4 is 23.0 Å². The van der Waals surface area contributed by atoms with Gasteiger partial charge in [-0.05, 0) is 38.4 Å². The number of hydrogen-bond donors (Lipinski definition) is 2. The van der Waals surface area contributed by atoms with Crippen molar-refractivity contribution in [2.24, 2.45) is 5.92 Å². The van der Waals surface area contributed by atoms with E-state index in [1.165, 1.54) is 0 Å². The Labute approximate surface area is 215 Å². The summed E-state index contributed by atoms with van der Waals surface area (Å²) < 4.78 is 7.94. The largest absolute Gasteiger partial charge is 0.493 e. The van der Waals surface area contributed by atoms with Crippen LogP contribution in [0.15, 0.2) is 85.1 Å². The molecule has 0 aliphatic carbocycles. The van der Waals surface area contributed by atoms with Crippen molar-refractivity contribution in [2.75, 3.05) is 27.2 Å². The highest BCUT2D eigenvalue weighted by atomic mass is 16.5. The predicted octanol–water partition coefficient (Wildman–Crippen LogP) is 4.38. The third-order valence-corrected chi connectivity index (χ3v) is 5.13. The first-order valence-corrected chi connectivity index (χ1v) is 11.7. The molecule has 9 nitrogen and oxygen atoms in total. The molecule has 2 N–H and O–H groups in total. The Morgan fingerprint density at radius 1 is 1.00 bits per heavy atom. The van der Waals surface area contributed by atoms with E-state index < -0.39 is 11.9 Å². The Morgan fingerprint density at radius 2 is 1.70 bits per heavy atom. The molecular formula is C28H30N4O5. The monoisotopic (exact) mass is 502 g/mol. The second kappa shape index (κ2) is 13.0. The highest BCUT2D eigenvalue weighted by molar-refractivity contribution is 5.92. The van der Waals surface area contributed by atoms with Crippen LogP contribution in [0.5, 0.6) is 5.75 Å². The predicted molar refractivity (Wildman–Crippen MR) is 142 cm³/mol. The average molecular weight is 503 g/mol. The Balaban J connectivity index is 0.000000414. The fraction of sp³-hybridized carbons (Fsp3) is 0.214. The Hall–Kier alpha value is -4.50. The molecule has 192 valence electrons. The molecule has 4 aromatic rings. The molecule has 2 aromatic heterocycles. The molecule has 0 fully saturated rings. The van der Waals surface area contributed by atoms with Gasteiger partial charge in [-0.3, -0.25) is 0 Å². The van der Waals surface area contributed by atoms with Crippen molar-refractivity contribution in [3.63, 3.8) is 0 Å². The van der Waals surface area contributed by atoms with Crippen LogP contribution in [-0.2, 0) is 9.59 Å². The highest BCUT2D eigenvalue weighted by Crippen LogP contribution is 2.29. The summed E-state index contributed by atoms with van der Waals surface area (Å²) in [6, 6.07) is 22.3. The van der Waals surface area contributed by atoms with Crippen molar-refractivity contribution in [1.29, 1.82) is 0 Å². The number of carbonyl (C=O) groups is 2. The second-order valence-corrected chi connectivity index (χ2v) is 8.69. The topological polar surface area (TPSA) is 118 Å². The molecule has 2 heterocycles. The SMILES string of the molecule is CC(COc1cccc(-n2nc(-c3ccccc3)c3cccnc32)c1)CN(C)C.O=C(O)C=CC(=O)O. The van der Waals surface area contributed by atoms with Gasteiger partial charge in [0.25, 0.3) is 0 Å². The number of pyridine rings is 1. The van der Waals surface area contributed by atoms with E-state index in [1.807, 2.05) is 53.2 Å². The molecule has 0 aliphatic heterocycles. The van der Waals surface area contributed by atoms with E-state index >= 15 is 0 Å². The Morgan fingerprint density at radius 3 is 2.35 bits per heavy atom. The molecule has 0 spiro atoms. The summed E-state index contributed by atoms with van der Waals surface area (Å²) in [5.74, 6) is -1.22. The van der Waals surface area contributed by atoms with E-state index in [9.17, 15) is 9.59 Å². The van der Waals surface area contributed by atoms with Crippen molar-refractivity contribution in [1.82, 2.24) is 19.7 Å². The minimum Gasteiger partial charge on any atom is -0.493 e. The molecule has 0 amide bonds. The smallest absolute Gasteiger partial charge is 0.328 e. The Bertz CT molecular complexity index is 1350. The van der Waals surface area contributed by atoms with Gasteiger partial charge in [-0.25, -0.2) is 19.3 Å². The lowest BCUT2D eigenvalue weighted by Gasteiger charge is -2.17. The molecule has 0 bridgehead atoms. The third-order valence-electron chi connectivity index (χ3n) is 5.13. The van der Waals surface area contributed by atoms with Crippen molar-refractivity contribution in [3.05, 3.63) is 85.1 Å². The van der Waals surface area contributed by atoms with Crippen molar-refractivity contribution in [2.45, 2.75) is 6.92 Å². The molecule has 0 saturated heterocycles. The molecule has 9 heteroatoms. The number of benzene rings is 2. The van der Waals surface area contributed by atoms with Gasteiger partial charge < -0.3 is 19.8 Å². The van der Waals surface area contributed by atoms with Crippen LogP contribution in [0, 0.1) is 5.92 Å². The van der Waals surface area contributed by atoms with Crippen LogP contribution in [-0.4, -0.2) is 69.1 Å². The van der Waals surface area contributed by atoms with Crippen LogP contribution in [0.4, 0.5) is 0 Å². The van der Waals surface area contributed by atoms with Gasteiger partial charge in [0, 0.05) is 47.8 Å². The molecule has 0 aliphatic rings. The van der Waals surface area contributed by atoms with Gasteiger partial charge in [0.15, 0.2) is 5.65 Å². The van der Waals surface area contributed by atoms with Gasteiger partial charge in [0.2, 0.25) is 0 Å². The van der Waals surface area contributed by atoms with E-state index in [4.69, 9.17) is 20.0 Å². The van der Waals surface area contributed by atoms with Gasteiger partial charge >= 0.3 is 11.9 Å². The number of rotatable bonds is 9. The van der Waals surface area contributed by atoms with Crippen LogP contribution in [0.2, 0.25) is 0 Å². The van der Waals surface area contributed by atoms with Crippen LogP contribution >= 0.6 is 0 Å². The summed E-state index contributed by atoms with van der Waals surface area (Å²) in [6.45, 7) is 3.86. The molecule has 4 rings (SSSR count). The maximum absolute atomic E-state index is 9.55. The molecule has 1 unspecified atom stereocenters. The number of nitrogens with zero attached hydrogens (tertiary/aromatic N) is 4. The number of carboxylic acid groups (broad SMARTS) is 2. The summed E-state index contributed by atoms with van der Waals surface area (Å²) in [7, 11) is 4.16. The van der Waals surface area contributed by atoms with Gasteiger partial charge in [-0.1, -0.05) is 43.3 Å². The second-order valence-electron chi connectivity index (χ2n) is 8.69.